The quantitative estimate of drug-likeness (QED) is 0.277. The molecule has 1 amide bonds. The number of Topliss-reactive ketones (excluding diaryl/α,β-unsaturated/α-hetero) is 1. The number of hydrogen-bond acceptors (Lipinski definition) is 7. The molecular formula is C30H28ClNO7. The number of ether oxygens (including phenoxy) is 3. The van der Waals surface area contributed by atoms with Crippen LogP contribution in [0.1, 0.15) is 42.7 Å². The Bertz CT molecular complexity index is 1430. The number of rotatable bonds is 8. The topological polar surface area (TPSA) is 102 Å². The second kappa shape index (κ2) is 11.2. The summed E-state index contributed by atoms with van der Waals surface area (Å²) in [6.07, 6.45) is 0. The zero-order valence-corrected chi connectivity index (χ0v) is 22.7. The van der Waals surface area contributed by atoms with Gasteiger partial charge in [0, 0.05) is 21.8 Å². The van der Waals surface area contributed by atoms with E-state index >= 15 is 0 Å². The number of carbonyl (C=O) groups excluding carboxylic acids is 3. The number of esters is 1. The van der Waals surface area contributed by atoms with Gasteiger partial charge >= 0.3 is 5.97 Å². The van der Waals surface area contributed by atoms with Gasteiger partial charge in [-0.15, -0.1) is 0 Å². The molecule has 39 heavy (non-hydrogen) atoms. The Morgan fingerprint density at radius 3 is 2.28 bits per heavy atom. The van der Waals surface area contributed by atoms with Gasteiger partial charge in [0.2, 0.25) is 0 Å². The minimum atomic E-state index is -1.09. The molecule has 1 heterocycles. The van der Waals surface area contributed by atoms with Gasteiger partial charge in [0.25, 0.3) is 5.91 Å². The van der Waals surface area contributed by atoms with Crippen LogP contribution < -0.4 is 14.4 Å². The van der Waals surface area contributed by atoms with E-state index in [4.69, 9.17) is 25.8 Å². The molecule has 4 rings (SSSR count). The van der Waals surface area contributed by atoms with E-state index < -0.39 is 41.7 Å². The van der Waals surface area contributed by atoms with Crippen molar-refractivity contribution in [1.29, 1.82) is 0 Å². The summed E-state index contributed by atoms with van der Waals surface area (Å²) in [5, 5.41) is 11.4. The zero-order valence-electron chi connectivity index (χ0n) is 21.9. The first-order valence-electron chi connectivity index (χ1n) is 12.1. The normalized spacial score (nSPS) is 15.4. The summed E-state index contributed by atoms with van der Waals surface area (Å²) in [5.74, 6) is -1.88. The van der Waals surface area contributed by atoms with Crippen LogP contribution in [0.4, 0.5) is 5.69 Å². The first-order chi connectivity index (χ1) is 18.5. The molecule has 3 aromatic carbocycles. The van der Waals surface area contributed by atoms with E-state index in [1.54, 1.807) is 87.5 Å². The van der Waals surface area contributed by atoms with Crippen molar-refractivity contribution in [3.63, 3.8) is 0 Å². The highest BCUT2D eigenvalue weighted by molar-refractivity contribution is 6.30. The molecule has 1 atom stereocenters. The van der Waals surface area contributed by atoms with Crippen LogP contribution >= 0.6 is 11.6 Å². The predicted molar refractivity (Wildman–Crippen MR) is 146 cm³/mol. The molecule has 0 aromatic heterocycles. The first-order valence-corrected chi connectivity index (χ1v) is 12.5. The van der Waals surface area contributed by atoms with Crippen LogP contribution in [-0.4, -0.2) is 42.1 Å². The summed E-state index contributed by atoms with van der Waals surface area (Å²) in [4.78, 5) is 40.9. The van der Waals surface area contributed by atoms with Crippen LogP contribution in [0, 0.1) is 0 Å². The molecule has 1 unspecified atom stereocenters. The number of hydrogen-bond donors (Lipinski definition) is 1. The van der Waals surface area contributed by atoms with Crippen molar-refractivity contribution in [3.8, 4) is 11.5 Å². The lowest BCUT2D eigenvalue weighted by Crippen LogP contribution is -2.31. The summed E-state index contributed by atoms with van der Waals surface area (Å²) in [6, 6.07) is 18.5. The molecule has 1 aliphatic heterocycles. The highest BCUT2D eigenvalue weighted by Crippen LogP contribution is 2.45. The number of aliphatic hydroxyl groups is 1. The number of ketones is 1. The zero-order chi connectivity index (χ0) is 28.3. The first kappa shape index (κ1) is 27.7. The Morgan fingerprint density at radius 1 is 1.00 bits per heavy atom. The Kier molecular flexibility index (Phi) is 7.97. The van der Waals surface area contributed by atoms with Gasteiger partial charge < -0.3 is 19.3 Å². The molecule has 0 aliphatic carbocycles. The highest BCUT2D eigenvalue weighted by atomic mass is 35.5. The van der Waals surface area contributed by atoms with Gasteiger partial charge in [-0.25, -0.2) is 4.79 Å². The number of amides is 1. The maximum Gasteiger partial charge on any atom is 0.344 e. The maximum absolute atomic E-state index is 13.7. The molecular weight excluding hydrogens is 522 g/mol. The molecule has 0 fully saturated rings. The molecule has 1 aliphatic rings. The Balaban J connectivity index is 1.83. The van der Waals surface area contributed by atoms with Gasteiger partial charge in [0.05, 0.1) is 18.7 Å². The molecule has 1 N–H and O–H groups in total. The third-order valence-electron chi connectivity index (χ3n) is 5.88. The van der Waals surface area contributed by atoms with E-state index in [1.807, 2.05) is 0 Å². The summed E-state index contributed by atoms with van der Waals surface area (Å²) in [6.45, 7) is 4.77. The van der Waals surface area contributed by atoms with E-state index in [0.29, 0.717) is 27.6 Å². The summed E-state index contributed by atoms with van der Waals surface area (Å²) in [5.41, 5.74) is 0.187. The molecule has 0 bridgehead atoms. The lowest BCUT2D eigenvalue weighted by molar-refractivity contribution is -0.157. The number of halogens is 1. The van der Waals surface area contributed by atoms with Crippen LogP contribution in [0.3, 0.4) is 0 Å². The number of nitrogens with zero attached hydrogens (tertiary/aromatic N) is 1. The van der Waals surface area contributed by atoms with Crippen molar-refractivity contribution in [2.45, 2.75) is 32.4 Å². The number of anilines is 1. The molecule has 0 radical (unpaired) electrons. The average molecular weight is 550 g/mol. The molecule has 8 nitrogen and oxygen atoms in total. The molecule has 9 heteroatoms. The number of aliphatic hydroxyl groups excluding tert-OH is 1. The van der Waals surface area contributed by atoms with Crippen LogP contribution in [0.25, 0.3) is 0 Å². The lowest BCUT2D eigenvalue weighted by Gasteiger charge is -2.28. The van der Waals surface area contributed by atoms with Gasteiger partial charge in [-0.1, -0.05) is 48.0 Å². The Labute approximate surface area is 231 Å². The van der Waals surface area contributed by atoms with Crippen molar-refractivity contribution in [2.75, 3.05) is 18.6 Å². The average Bonchev–Trinajstić information content (AvgIpc) is 3.16. The fraction of sp³-hybridized carbons (Fsp3) is 0.233. The lowest BCUT2D eigenvalue weighted by atomic mass is 9.92. The standard InChI is InChI=1S/C30H28ClNO7/c1-30(2,3)39-24(33)17-38-23-16-19(31)10-15-22(23)26-25(27(34)18-8-6-5-7-9-18)28(35)29(36)32(26)20-11-13-21(37-4)14-12-20/h5-16,26,35H,17H2,1-4H3. The van der Waals surface area contributed by atoms with Gasteiger partial charge in [-0.3, -0.25) is 14.5 Å². The van der Waals surface area contributed by atoms with Crippen LogP contribution in [0.5, 0.6) is 11.5 Å². The third kappa shape index (κ3) is 6.07. The monoisotopic (exact) mass is 549 g/mol. The Hall–Kier alpha value is -4.30. The second-order valence-corrected chi connectivity index (χ2v) is 10.2. The largest absolute Gasteiger partial charge is 0.503 e. The summed E-state index contributed by atoms with van der Waals surface area (Å²) < 4.78 is 16.4. The van der Waals surface area contributed by atoms with Crippen molar-refractivity contribution >= 4 is 34.9 Å². The maximum atomic E-state index is 13.7. The van der Waals surface area contributed by atoms with Gasteiger partial charge in [0.15, 0.2) is 18.1 Å². The van der Waals surface area contributed by atoms with Crippen molar-refractivity contribution in [1.82, 2.24) is 0 Å². The minimum absolute atomic E-state index is 0.133. The van der Waals surface area contributed by atoms with Crippen LogP contribution in [0.2, 0.25) is 5.02 Å². The van der Waals surface area contributed by atoms with Crippen molar-refractivity contribution < 1.29 is 33.7 Å². The number of benzene rings is 3. The number of methoxy groups -OCH3 is 1. The molecule has 0 saturated carbocycles. The predicted octanol–water partition coefficient (Wildman–Crippen LogP) is 5.85. The molecule has 202 valence electrons. The van der Waals surface area contributed by atoms with Gasteiger partial charge in [0.1, 0.15) is 17.1 Å². The fourth-order valence-electron chi connectivity index (χ4n) is 4.25. The van der Waals surface area contributed by atoms with E-state index in [2.05, 4.69) is 0 Å². The summed E-state index contributed by atoms with van der Waals surface area (Å²) >= 11 is 6.27. The Morgan fingerprint density at radius 2 is 1.67 bits per heavy atom. The van der Waals surface area contributed by atoms with Gasteiger partial charge in [-0.2, -0.15) is 0 Å². The van der Waals surface area contributed by atoms with Gasteiger partial charge in [-0.05, 0) is 57.2 Å². The fourth-order valence-corrected chi connectivity index (χ4v) is 4.41. The molecule has 0 saturated heterocycles. The van der Waals surface area contributed by atoms with E-state index in [-0.39, 0.29) is 11.3 Å². The summed E-state index contributed by atoms with van der Waals surface area (Å²) in [7, 11) is 1.52. The van der Waals surface area contributed by atoms with Crippen molar-refractivity contribution in [3.05, 3.63) is 100 Å². The van der Waals surface area contributed by atoms with Crippen LogP contribution in [0.15, 0.2) is 84.1 Å². The minimum Gasteiger partial charge on any atom is -0.503 e. The van der Waals surface area contributed by atoms with E-state index in [9.17, 15) is 19.5 Å². The smallest absolute Gasteiger partial charge is 0.344 e. The van der Waals surface area contributed by atoms with Crippen LogP contribution in [-0.2, 0) is 14.3 Å². The van der Waals surface area contributed by atoms with E-state index in [0.717, 1.165) is 0 Å². The molecule has 0 spiro atoms. The SMILES string of the molecule is COc1ccc(N2C(=O)C(O)=C(C(=O)c3ccccc3)C2c2ccc(Cl)cc2OCC(=O)OC(C)(C)C)cc1. The number of carbonyl (C=O) groups is 3. The van der Waals surface area contributed by atoms with Crippen molar-refractivity contribution in [2.24, 2.45) is 0 Å². The third-order valence-corrected chi connectivity index (χ3v) is 6.11. The second-order valence-electron chi connectivity index (χ2n) is 9.79. The molecule has 3 aromatic rings. The highest BCUT2D eigenvalue weighted by Gasteiger charge is 2.45. The van der Waals surface area contributed by atoms with E-state index in [1.165, 1.54) is 18.1 Å².